The molecule has 0 radical (unpaired) electrons. The van der Waals surface area contributed by atoms with Crippen molar-refractivity contribution in [2.45, 2.75) is 27.4 Å². The quantitative estimate of drug-likeness (QED) is 0.837. The van der Waals surface area contributed by atoms with Gasteiger partial charge in [0, 0.05) is 17.7 Å². The van der Waals surface area contributed by atoms with Crippen LogP contribution in [0.2, 0.25) is 0 Å². The molecule has 2 rings (SSSR count). The van der Waals surface area contributed by atoms with Gasteiger partial charge in [0.25, 0.3) is 5.91 Å². The van der Waals surface area contributed by atoms with Gasteiger partial charge in [-0.3, -0.25) is 4.79 Å². The molecule has 0 atom stereocenters. The summed E-state index contributed by atoms with van der Waals surface area (Å²) < 4.78 is 11.2. The molecule has 2 aromatic rings. The minimum atomic E-state index is -0.0806. The molecule has 0 bridgehead atoms. The van der Waals surface area contributed by atoms with E-state index in [1.54, 1.807) is 19.2 Å². The Bertz CT molecular complexity index is 678. The summed E-state index contributed by atoms with van der Waals surface area (Å²) in [7, 11) is 1.61. The van der Waals surface area contributed by atoms with Gasteiger partial charge >= 0.3 is 0 Å². The van der Waals surface area contributed by atoms with Crippen molar-refractivity contribution >= 4 is 5.91 Å². The monoisotopic (exact) mass is 327 g/mol. The molecule has 0 aromatic heterocycles. The molecular weight excluding hydrogens is 302 g/mol. The summed E-state index contributed by atoms with van der Waals surface area (Å²) in [5, 5.41) is 2.92. The fourth-order valence-corrected chi connectivity index (χ4v) is 2.23. The Balaban J connectivity index is 2.10. The number of amides is 1. The standard InChI is InChI=1S/C20H25NO3/c1-14(2)12-21-20(22)16-7-10-19(23-4)17(11-16)13-24-18-8-5-15(3)6-9-18/h5-11,14H,12-13H2,1-4H3,(H,21,22). The maximum Gasteiger partial charge on any atom is 0.251 e. The third-order valence-corrected chi connectivity index (χ3v) is 3.63. The zero-order valence-corrected chi connectivity index (χ0v) is 14.8. The first-order valence-electron chi connectivity index (χ1n) is 8.14. The minimum absolute atomic E-state index is 0.0806. The van der Waals surface area contributed by atoms with Gasteiger partial charge in [0.2, 0.25) is 0 Å². The van der Waals surface area contributed by atoms with Crippen molar-refractivity contribution in [2.24, 2.45) is 5.92 Å². The van der Waals surface area contributed by atoms with Crippen LogP contribution in [0.25, 0.3) is 0 Å². The molecule has 0 aliphatic heterocycles. The first-order valence-corrected chi connectivity index (χ1v) is 8.14. The highest BCUT2D eigenvalue weighted by atomic mass is 16.5. The molecule has 0 aliphatic carbocycles. The predicted molar refractivity (Wildman–Crippen MR) is 95.7 cm³/mol. The Hall–Kier alpha value is -2.49. The smallest absolute Gasteiger partial charge is 0.251 e. The van der Waals surface area contributed by atoms with E-state index in [4.69, 9.17) is 9.47 Å². The van der Waals surface area contributed by atoms with Gasteiger partial charge in [0.1, 0.15) is 18.1 Å². The fraction of sp³-hybridized carbons (Fsp3) is 0.350. The molecule has 0 saturated carbocycles. The van der Waals surface area contributed by atoms with Crippen molar-refractivity contribution in [1.29, 1.82) is 0 Å². The third kappa shape index (κ3) is 5.01. The van der Waals surface area contributed by atoms with Crippen molar-refractivity contribution in [1.82, 2.24) is 5.32 Å². The number of aryl methyl sites for hydroxylation is 1. The van der Waals surface area contributed by atoms with Crippen LogP contribution >= 0.6 is 0 Å². The highest BCUT2D eigenvalue weighted by Gasteiger charge is 2.11. The lowest BCUT2D eigenvalue weighted by molar-refractivity contribution is 0.0949. The van der Waals surface area contributed by atoms with Gasteiger partial charge in [-0.05, 0) is 43.2 Å². The molecule has 2 aromatic carbocycles. The van der Waals surface area contributed by atoms with Crippen LogP contribution in [0.3, 0.4) is 0 Å². The summed E-state index contributed by atoms with van der Waals surface area (Å²) in [5.41, 5.74) is 2.64. The largest absolute Gasteiger partial charge is 0.496 e. The van der Waals surface area contributed by atoms with Crippen LogP contribution in [-0.4, -0.2) is 19.6 Å². The van der Waals surface area contributed by atoms with E-state index in [1.165, 1.54) is 5.56 Å². The lowest BCUT2D eigenvalue weighted by Crippen LogP contribution is -2.27. The van der Waals surface area contributed by atoms with Gasteiger partial charge < -0.3 is 14.8 Å². The lowest BCUT2D eigenvalue weighted by Gasteiger charge is -2.13. The Labute approximate surface area is 143 Å². The average Bonchev–Trinajstić information content (AvgIpc) is 2.58. The Morgan fingerprint density at radius 2 is 1.83 bits per heavy atom. The van der Waals surface area contributed by atoms with E-state index >= 15 is 0 Å². The second-order valence-corrected chi connectivity index (χ2v) is 6.23. The van der Waals surface area contributed by atoms with Crippen molar-refractivity contribution in [3.8, 4) is 11.5 Å². The summed E-state index contributed by atoms with van der Waals surface area (Å²) in [4.78, 5) is 12.2. The first-order chi connectivity index (χ1) is 11.5. The number of hydrogen-bond acceptors (Lipinski definition) is 3. The first kappa shape index (κ1) is 17.9. The SMILES string of the molecule is COc1ccc(C(=O)NCC(C)C)cc1COc1ccc(C)cc1. The normalized spacial score (nSPS) is 10.5. The van der Waals surface area contributed by atoms with Gasteiger partial charge in [-0.25, -0.2) is 0 Å². The molecular formula is C20H25NO3. The van der Waals surface area contributed by atoms with Crippen molar-refractivity contribution < 1.29 is 14.3 Å². The van der Waals surface area contributed by atoms with E-state index in [-0.39, 0.29) is 5.91 Å². The zero-order chi connectivity index (χ0) is 17.5. The number of nitrogens with one attached hydrogen (secondary N) is 1. The van der Waals surface area contributed by atoms with Crippen LogP contribution in [0, 0.1) is 12.8 Å². The van der Waals surface area contributed by atoms with E-state index in [0.717, 1.165) is 11.3 Å². The van der Waals surface area contributed by atoms with Gasteiger partial charge in [0.15, 0.2) is 0 Å². The highest BCUT2D eigenvalue weighted by Crippen LogP contribution is 2.22. The van der Waals surface area contributed by atoms with Crippen molar-refractivity contribution in [2.75, 3.05) is 13.7 Å². The summed E-state index contributed by atoms with van der Waals surface area (Å²) in [6.07, 6.45) is 0. The number of methoxy groups -OCH3 is 1. The number of hydrogen-bond donors (Lipinski definition) is 1. The molecule has 0 aliphatic rings. The second-order valence-electron chi connectivity index (χ2n) is 6.23. The number of benzene rings is 2. The lowest BCUT2D eigenvalue weighted by atomic mass is 10.1. The van der Waals surface area contributed by atoms with Gasteiger partial charge in [-0.15, -0.1) is 0 Å². The van der Waals surface area contributed by atoms with E-state index in [2.05, 4.69) is 19.2 Å². The Kier molecular flexibility index (Phi) is 6.24. The maximum absolute atomic E-state index is 12.2. The predicted octanol–water partition coefficient (Wildman–Crippen LogP) is 3.97. The number of rotatable bonds is 7. The molecule has 128 valence electrons. The molecule has 0 heterocycles. The van der Waals surface area contributed by atoms with Crippen LogP contribution < -0.4 is 14.8 Å². The number of carbonyl (C=O) groups excluding carboxylic acids is 1. The Morgan fingerprint density at radius 1 is 1.12 bits per heavy atom. The van der Waals surface area contributed by atoms with Crippen LogP contribution in [0.15, 0.2) is 42.5 Å². The second kappa shape index (κ2) is 8.39. The van der Waals surface area contributed by atoms with Gasteiger partial charge in [-0.2, -0.15) is 0 Å². The molecule has 24 heavy (non-hydrogen) atoms. The minimum Gasteiger partial charge on any atom is -0.496 e. The Morgan fingerprint density at radius 3 is 2.46 bits per heavy atom. The summed E-state index contributed by atoms with van der Waals surface area (Å²) in [6.45, 7) is 7.16. The molecule has 4 heteroatoms. The van der Waals surface area contributed by atoms with Crippen LogP contribution in [0.4, 0.5) is 0 Å². The fourth-order valence-electron chi connectivity index (χ4n) is 2.23. The topological polar surface area (TPSA) is 47.6 Å². The molecule has 0 fully saturated rings. The highest BCUT2D eigenvalue weighted by molar-refractivity contribution is 5.94. The van der Waals surface area contributed by atoms with Crippen LogP contribution in [0.5, 0.6) is 11.5 Å². The molecule has 1 amide bonds. The average molecular weight is 327 g/mol. The van der Waals surface area contributed by atoms with E-state index in [9.17, 15) is 4.79 Å². The van der Waals surface area contributed by atoms with Gasteiger partial charge in [-0.1, -0.05) is 31.5 Å². The number of carbonyl (C=O) groups is 1. The van der Waals surface area contributed by atoms with Crippen LogP contribution in [0.1, 0.15) is 35.3 Å². The maximum atomic E-state index is 12.2. The molecule has 0 saturated heterocycles. The molecule has 4 nitrogen and oxygen atoms in total. The van der Waals surface area contributed by atoms with Crippen LogP contribution in [-0.2, 0) is 6.61 Å². The van der Waals surface area contributed by atoms with Crippen molar-refractivity contribution in [3.63, 3.8) is 0 Å². The van der Waals surface area contributed by atoms with E-state index in [0.29, 0.717) is 30.4 Å². The van der Waals surface area contributed by atoms with Gasteiger partial charge in [0.05, 0.1) is 7.11 Å². The summed E-state index contributed by atoms with van der Waals surface area (Å²) >= 11 is 0. The molecule has 0 unspecified atom stereocenters. The molecule has 0 spiro atoms. The van der Waals surface area contributed by atoms with E-state index in [1.807, 2.05) is 37.3 Å². The molecule has 1 N–H and O–H groups in total. The summed E-state index contributed by atoms with van der Waals surface area (Å²) in [5.74, 6) is 1.83. The zero-order valence-electron chi connectivity index (χ0n) is 14.8. The summed E-state index contributed by atoms with van der Waals surface area (Å²) in [6, 6.07) is 13.3. The number of ether oxygens (including phenoxy) is 2. The third-order valence-electron chi connectivity index (χ3n) is 3.63. The van der Waals surface area contributed by atoms with Crippen molar-refractivity contribution in [3.05, 3.63) is 59.2 Å². The van der Waals surface area contributed by atoms with E-state index < -0.39 is 0 Å².